The van der Waals surface area contributed by atoms with Gasteiger partial charge in [-0.2, -0.15) is 4.31 Å². The monoisotopic (exact) mass is 429 g/mol. The van der Waals surface area contributed by atoms with E-state index in [0.717, 1.165) is 12.1 Å². The van der Waals surface area contributed by atoms with Crippen LogP contribution < -0.4 is 5.32 Å². The molecule has 10 heteroatoms. The number of benzene rings is 1. The Kier molecular flexibility index (Phi) is 6.52. The fraction of sp³-hybridized carbons (Fsp3) is 0.579. The van der Waals surface area contributed by atoms with E-state index < -0.39 is 21.7 Å². The smallest absolute Gasteiger partial charge is 0.243 e. The molecule has 1 aromatic rings. The van der Waals surface area contributed by atoms with Crippen LogP contribution in [0, 0.1) is 17.6 Å². The van der Waals surface area contributed by atoms with Gasteiger partial charge in [-0.25, -0.2) is 17.2 Å². The van der Waals surface area contributed by atoms with E-state index >= 15 is 0 Å². The molecule has 2 aliphatic heterocycles. The number of halogens is 2. The van der Waals surface area contributed by atoms with Crippen molar-refractivity contribution in [2.75, 3.05) is 26.2 Å². The molecule has 29 heavy (non-hydrogen) atoms. The lowest BCUT2D eigenvalue weighted by molar-refractivity contribution is -0.130. The summed E-state index contributed by atoms with van der Waals surface area (Å²) in [7, 11) is -3.93. The first-order valence-corrected chi connectivity index (χ1v) is 11.1. The molecular formula is C19H25F2N3O4S. The number of hydrogen-bond acceptors (Lipinski definition) is 4. The summed E-state index contributed by atoms with van der Waals surface area (Å²) in [6.07, 6.45) is 2.13. The van der Waals surface area contributed by atoms with Crippen LogP contribution >= 0.6 is 0 Å². The summed E-state index contributed by atoms with van der Waals surface area (Å²) < 4.78 is 52.9. The number of nitrogens with zero attached hydrogens (tertiary/aromatic N) is 2. The molecule has 0 bridgehead atoms. The Bertz CT molecular complexity index is 877. The van der Waals surface area contributed by atoms with Crippen molar-refractivity contribution in [1.82, 2.24) is 14.5 Å². The van der Waals surface area contributed by atoms with Gasteiger partial charge in [-0.05, 0) is 43.9 Å². The first-order chi connectivity index (χ1) is 13.7. The van der Waals surface area contributed by atoms with Crippen LogP contribution in [0.15, 0.2) is 23.1 Å². The molecule has 0 radical (unpaired) electrons. The number of sulfonamides is 1. The maximum Gasteiger partial charge on any atom is 0.243 e. The van der Waals surface area contributed by atoms with Crippen LogP contribution in [-0.4, -0.2) is 61.7 Å². The van der Waals surface area contributed by atoms with Crippen molar-refractivity contribution in [3.05, 3.63) is 29.8 Å². The molecule has 7 nitrogen and oxygen atoms in total. The minimum absolute atomic E-state index is 0.0158. The minimum atomic E-state index is -3.93. The largest absolute Gasteiger partial charge is 0.353 e. The second-order valence-corrected chi connectivity index (χ2v) is 9.48. The quantitative estimate of drug-likeness (QED) is 0.786. The first kappa shape index (κ1) is 21.6. The molecule has 0 unspecified atom stereocenters. The van der Waals surface area contributed by atoms with Gasteiger partial charge in [-0.15, -0.1) is 0 Å². The molecular weight excluding hydrogens is 404 g/mol. The van der Waals surface area contributed by atoms with Gasteiger partial charge in [-0.1, -0.05) is 0 Å². The summed E-state index contributed by atoms with van der Waals surface area (Å²) in [6.45, 7) is 3.04. The zero-order valence-electron chi connectivity index (χ0n) is 16.2. The Morgan fingerprint density at radius 3 is 2.17 bits per heavy atom. The maximum absolute atomic E-state index is 13.4. The predicted molar refractivity (Wildman–Crippen MR) is 101 cm³/mol. The summed E-state index contributed by atoms with van der Waals surface area (Å²) >= 11 is 0. The first-order valence-electron chi connectivity index (χ1n) is 9.69. The normalized spacial score (nSPS) is 19.9. The Morgan fingerprint density at radius 1 is 1.00 bits per heavy atom. The summed E-state index contributed by atoms with van der Waals surface area (Å²) in [5.41, 5.74) is 0. The lowest BCUT2D eigenvalue weighted by Crippen LogP contribution is -2.49. The van der Waals surface area contributed by atoms with Crippen molar-refractivity contribution in [2.24, 2.45) is 5.92 Å². The van der Waals surface area contributed by atoms with E-state index in [1.807, 2.05) is 0 Å². The van der Waals surface area contributed by atoms with Crippen molar-refractivity contribution in [3.8, 4) is 0 Å². The van der Waals surface area contributed by atoms with E-state index in [-0.39, 0.29) is 41.8 Å². The Balaban J connectivity index is 1.52. The molecule has 0 spiro atoms. The number of likely N-dealkylation sites (tertiary alicyclic amines) is 1. The van der Waals surface area contributed by atoms with Gasteiger partial charge in [0.2, 0.25) is 21.8 Å². The van der Waals surface area contributed by atoms with Crippen LogP contribution in [0.2, 0.25) is 0 Å². The highest BCUT2D eigenvalue weighted by molar-refractivity contribution is 7.89. The number of carbonyl (C=O) groups excluding carboxylic acids is 2. The van der Waals surface area contributed by atoms with Crippen molar-refractivity contribution in [2.45, 2.75) is 43.5 Å². The summed E-state index contributed by atoms with van der Waals surface area (Å²) in [4.78, 5) is 25.4. The molecule has 2 fully saturated rings. The standard InChI is InChI=1S/C19H25F2N3O4S/c1-13(25)23-8-6-15(7-9-23)22-19(26)14-4-10-24(11-5-14)29(27,28)16-2-3-17(20)18(21)12-16/h2-3,12,14-15H,4-11H2,1H3,(H,22,26). The average Bonchev–Trinajstić information content (AvgIpc) is 2.70. The van der Waals surface area contributed by atoms with Gasteiger partial charge < -0.3 is 10.2 Å². The molecule has 0 atom stereocenters. The van der Waals surface area contributed by atoms with Crippen molar-refractivity contribution >= 4 is 21.8 Å². The fourth-order valence-corrected chi connectivity index (χ4v) is 5.28. The van der Waals surface area contributed by atoms with Crippen LogP contribution in [0.4, 0.5) is 8.78 Å². The molecule has 2 heterocycles. The van der Waals surface area contributed by atoms with E-state index in [0.29, 0.717) is 44.8 Å². The molecule has 0 saturated carbocycles. The number of piperidine rings is 2. The molecule has 1 N–H and O–H groups in total. The van der Waals surface area contributed by atoms with Crippen LogP contribution in [0.3, 0.4) is 0 Å². The second-order valence-electron chi connectivity index (χ2n) is 7.54. The number of rotatable bonds is 4. The number of nitrogens with one attached hydrogen (secondary N) is 1. The van der Waals surface area contributed by atoms with E-state index in [2.05, 4.69) is 5.32 Å². The summed E-state index contributed by atoms with van der Waals surface area (Å²) in [5, 5.41) is 3.01. The van der Waals surface area contributed by atoms with E-state index in [4.69, 9.17) is 0 Å². The Morgan fingerprint density at radius 2 is 1.62 bits per heavy atom. The third-order valence-electron chi connectivity index (χ3n) is 5.64. The summed E-state index contributed by atoms with van der Waals surface area (Å²) in [5.74, 6) is -2.68. The van der Waals surface area contributed by atoms with Crippen molar-refractivity contribution in [1.29, 1.82) is 0 Å². The average molecular weight is 429 g/mol. The maximum atomic E-state index is 13.4. The fourth-order valence-electron chi connectivity index (χ4n) is 3.80. The number of carbonyl (C=O) groups is 2. The van der Waals surface area contributed by atoms with Gasteiger partial charge in [0.25, 0.3) is 0 Å². The lowest BCUT2D eigenvalue weighted by atomic mass is 9.96. The highest BCUT2D eigenvalue weighted by atomic mass is 32.2. The van der Waals surface area contributed by atoms with E-state index in [9.17, 15) is 26.8 Å². The molecule has 160 valence electrons. The molecule has 2 amide bonds. The van der Waals surface area contributed by atoms with E-state index in [1.54, 1.807) is 4.90 Å². The minimum Gasteiger partial charge on any atom is -0.353 e. The molecule has 2 saturated heterocycles. The lowest BCUT2D eigenvalue weighted by Gasteiger charge is -2.34. The Labute approximate surface area is 169 Å². The molecule has 3 rings (SSSR count). The molecule has 0 aromatic heterocycles. The third-order valence-corrected chi connectivity index (χ3v) is 7.53. The van der Waals surface area contributed by atoms with Crippen LogP contribution in [0.1, 0.15) is 32.6 Å². The van der Waals surface area contributed by atoms with Crippen molar-refractivity contribution in [3.63, 3.8) is 0 Å². The highest BCUT2D eigenvalue weighted by Crippen LogP contribution is 2.25. The topological polar surface area (TPSA) is 86.8 Å². The summed E-state index contributed by atoms with van der Waals surface area (Å²) in [6, 6.07) is 2.53. The third kappa shape index (κ3) is 4.92. The zero-order valence-corrected chi connectivity index (χ0v) is 17.1. The van der Waals surface area contributed by atoms with Crippen LogP contribution in [0.25, 0.3) is 0 Å². The van der Waals surface area contributed by atoms with Gasteiger partial charge >= 0.3 is 0 Å². The van der Waals surface area contributed by atoms with Gasteiger partial charge in [0, 0.05) is 45.1 Å². The van der Waals surface area contributed by atoms with Gasteiger partial charge in [-0.3, -0.25) is 9.59 Å². The number of hydrogen-bond donors (Lipinski definition) is 1. The SMILES string of the molecule is CC(=O)N1CCC(NC(=O)C2CCN(S(=O)(=O)c3ccc(F)c(F)c3)CC2)CC1. The molecule has 2 aliphatic rings. The molecule has 1 aromatic carbocycles. The highest BCUT2D eigenvalue weighted by Gasteiger charge is 2.33. The van der Waals surface area contributed by atoms with Gasteiger partial charge in [0.1, 0.15) is 0 Å². The van der Waals surface area contributed by atoms with Crippen LogP contribution in [-0.2, 0) is 19.6 Å². The van der Waals surface area contributed by atoms with Crippen molar-refractivity contribution < 1.29 is 26.8 Å². The molecule has 0 aliphatic carbocycles. The predicted octanol–water partition coefficient (Wildman–Crippen LogP) is 1.49. The van der Waals surface area contributed by atoms with E-state index in [1.165, 1.54) is 11.2 Å². The van der Waals surface area contributed by atoms with Gasteiger partial charge in [0.15, 0.2) is 11.6 Å². The Hall–Kier alpha value is -2.07. The van der Waals surface area contributed by atoms with Gasteiger partial charge in [0.05, 0.1) is 4.90 Å². The van der Waals surface area contributed by atoms with Crippen LogP contribution in [0.5, 0.6) is 0 Å². The second kappa shape index (κ2) is 8.74. The zero-order chi connectivity index (χ0) is 21.2. The number of amides is 2.